The van der Waals surface area contributed by atoms with Crippen LogP contribution in [0.1, 0.15) is 56.8 Å². The summed E-state index contributed by atoms with van der Waals surface area (Å²) in [6, 6.07) is 8.10. The SMILES string of the molecule is CN(Cc1ccc(C(=O)O)cc1)C(=O)c1cc2c([nH]c1=O)CCCCC2. The van der Waals surface area contributed by atoms with Crippen LogP contribution < -0.4 is 5.56 Å². The van der Waals surface area contributed by atoms with Gasteiger partial charge in [0.1, 0.15) is 5.56 Å². The summed E-state index contributed by atoms with van der Waals surface area (Å²) in [5.41, 5.74) is 2.83. The number of hydrogen-bond donors (Lipinski definition) is 2. The zero-order chi connectivity index (χ0) is 18.7. The first kappa shape index (κ1) is 17.9. The molecule has 2 aromatic rings. The molecule has 0 atom stereocenters. The molecule has 6 nitrogen and oxygen atoms in total. The Morgan fingerprint density at radius 2 is 1.81 bits per heavy atom. The van der Waals surface area contributed by atoms with E-state index in [9.17, 15) is 14.4 Å². The van der Waals surface area contributed by atoms with E-state index in [2.05, 4.69) is 4.98 Å². The highest BCUT2D eigenvalue weighted by Crippen LogP contribution is 2.19. The molecule has 1 heterocycles. The molecular formula is C20H22N2O4. The first-order valence-corrected chi connectivity index (χ1v) is 8.78. The maximum atomic E-state index is 12.7. The van der Waals surface area contributed by atoms with Gasteiger partial charge in [0.25, 0.3) is 11.5 Å². The Morgan fingerprint density at radius 1 is 1.12 bits per heavy atom. The number of carboxylic acid groups (broad SMARTS) is 1. The number of amides is 1. The number of carbonyl (C=O) groups excluding carboxylic acids is 1. The number of fused-ring (bicyclic) bond motifs is 1. The number of nitrogens with zero attached hydrogens (tertiary/aromatic N) is 1. The lowest BCUT2D eigenvalue weighted by Crippen LogP contribution is -2.32. The molecule has 1 aliphatic rings. The molecule has 0 saturated heterocycles. The summed E-state index contributed by atoms with van der Waals surface area (Å²) in [5, 5.41) is 8.94. The number of nitrogens with one attached hydrogen (secondary N) is 1. The second-order valence-corrected chi connectivity index (χ2v) is 6.74. The molecule has 0 radical (unpaired) electrons. The van der Waals surface area contributed by atoms with Crippen LogP contribution in [0.15, 0.2) is 35.1 Å². The third-order valence-electron chi connectivity index (χ3n) is 4.79. The standard InChI is InChI=1S/C20H22N2O4/c1-22(12-13-7-9-14(10-8-13)20(25)26)19(24)16-11-15-5-3-2-4-6-17(15)21-18(16)23/h7-11H,2-6,12H2,1H3,(H,21,23)(H,25,26). The summed E-state index contributed by atoms with van der Waals surface area (Å²) in [5.74, 6) is -1.32. The van der Waals surface area contributed by atoms with Gasteiger partial charge in [-0.1, -0.05) is 18.6 Å². The first-order valence-electron chi connectivity index (χ1n) is 8.78. The van der Waals surface area contributed by atoms with Crippen LogP contribution in [0.4, 0.5) is 0 Å². The zero-order valence-electron chi connectivity index (χ0n) is 14.7. The van der Waals surface area contributed by atoms with E-state index >= 15 is 0 Å². The van der Waals surface area contributed by atoms with Crippen molar-refractivity contribution < 1.29 is 14.7 Å². The van der Waals surface area contributed by atoms with E-state index in [1.54, 1.807) is 25.2 Å². The smallest absolute Gasteiger partial charge is 0.335 e. The van der Waals surface area contributed by atoms with Gasteiger partial charge >= 0.3 is 5.97 Å². The van der Waals surface area contributed by atoms with Crippen LogP contribution in [0.2, 0.25) is 0 Å². The van der Waals surface area contributed by atoms with Gasteiger partial charge < -0.3 is 15.0 Å². The summed E-state index contributed by atoms with van der Waals surface area (Å²) >= 11 is 0. The number of aromatic carboxylic acids is 1. The molecule has 1 aromatic carbocycles. The molecule has 0 bridgehead atoms. The number of aromatic amines is 1. The van der Waals surface area contributed by atoms with Crippen molar-refractivity contribution >= 4 is 11.9 Å². The average Bonchev–Trinajstić information content (AvgIpc) is 2.85. The van der Waals surface area contributed by atoms with E-state index in [1.807, 2.05) is 0 Å². The van der Waals surface area contributed by atoms with E-state index in [-0.39, 0.29) is 22.6 Å². The number of carbonyl (C=O) groups is 2. The van der Waals surface area contributed by atoms with Crippen LogP contribution in [-0.2, 0) is 19.4 Å². The van der Waals surface area contributed by atoms with Gasteiger partial charge in [0, 0.05) is 19.3 Å². The molecule has 0 spiro atoms. The Balaban J connectivity index is 1.79. The van der Waals surface area contributed by atoms with E-state index < -0.39 is 5.97 Å². The Kier molecular flexibility index (Phi) is 5.21. The predicted octanol–water partition coefficient (Wildman–Crippen LogP) is 2.61. The highest BCUT2D eigenvalue weighted by atomic mass is 16.4. The third kappa shape index (κ3) is 3.85. The summed E-state index contributed by atoms with van der Waals surface area (Å²) in [4.78, 5) is 40.3. The molecule has 136 valence electrons. The van der Waals surface area contributed by atoms with Crippen molar-refractivity contribution in [1.29, 1.82) is 0 Å². The predicted molar refractivity (Wildman–Crippen MR) is 97.5 cm³/mol. The van der Waals surface area contributed by atoms with Crippen molar-refractivity contribution in [1.82, 2.24) is 9.88 Å². The van der Waals surface area contributed by atoms with Crippen LogP contribution in [0, 0.1) is 0 Å². The minimum Gasteiger partial charge on any atom is -0.478 e. The van der Waals surface area contributed by atoms with Crippen LogP contribution in [0.3, 0.4) is 0 Å². The highest BCUT2D eigenvalue weighted by molar-refractivity contribution is 5.94. The molecule has 0 saturated carbocycles. The summed E-state index contributed by atoms with van der Waals surface area (Å²) in [7, 11) is 1.64. The second-order valence-electron chi connectivity index (χ2n) is 6.74. The number of pyridine rings is 1. The quantitative estimate of drug-likeness (QED) is 0.826. The van der Waals surface area contributed by atoms with Crippen molar-refractivity contribution in [2.45, 2.75) is 38.6 Å². The maximum Gasteiger partial charge on any atom is 0.335 e. The largest absolute Gasteiger partial charge is 0.478 e. The fourth-order valence-electron chi connectivity index (χ4n) is 3.31. The fourth-order valence-corrected chi connectivity index (χ4v) is 3.31. The highest BCUT2D eigenvalue weighted by Gasteiger charge is 2.19. The van der Waals surface area contributed by atoms with Gasteiger partial charge in [0.15, 0.2) is 0 Å². The van der Waals surface area contributed by atoms with Crippen LogP contribution in [0.5, 0.6) is 0 Å². The van der Waals surface area contributed by atoms with Crippen LogP contribution in [-0.4, -0.2) is 33.9 Å². The first-order chi connectivity index (χ1) is 12.5. The molecule has 0 unspecified atom stereocenters. The number of benzene rings is 1. The van der Waals surface area contributed by atoms with Crippen molar-refractivity contribution in [3.05, 3.63) is 68.6 Å². The van der Waals surface area contributed by atoms with E-state index in [0.717, 1.165) is 48.9 Å². The van der Waals surface area contributed by atoms with Gasteiger partial charge in [0.2, 0.25) is 0 Å². The number of carboxylic acids is 1. The normalized spacial score (nSPS) is 13.6. The number of aromatic nitrogens is 1. The van der Waals surface area contributed by atoms with Crippen molar-refractivity contribution in [2.75, 3.05) is 7.05 Å². The van der Waals surface area contributed by atoms with Crippen molar-refractivity contribution in [3.8, 4) is 0 Å². The minimum absolute atomic E-state index is 0.162. The van der Waals surface area contributed by atoms with Gasteiger partial charge in [-0.25, -0.2) is 4.79 Å². The second kappa shape index (κ2) is 7.56. The van der Waals surface area contributed by atoms with E-state index in [0.29, 0.717) is 6.54 Å². The Morgan fingerprint density at radius 3 is 2.50 bits per heavy atom. The Bertz CT molecular complexity index is 884. The molecular weight excluding hydrogens is 332 g/mol. The van der Waals surface area contributed by atoms with Gasteiger partial charge in [-0.05, 0) is 55.0 Å². The van der Waals surface area contributed by atoms with Crippen LogP contribution in [0.25, 0.3) is 0 Å². The summed E-state index contributed by atoms with van der Waals surface area (Å²) in [6.07, 6.45) is 4.99. The number of rotatable bonds is 4. The van der Waals surface area contributed by atoms with Gasteiger partial charge in [-0.2, -0.15) is 0 Å². The zero-order valence-corrected chi connectivity index (χ0v) is 14.7. The third-order valence-corrected chi connectivity index (χ3v) is 4.79. The van der Waals surface area contributed by atoms with Gasteiger partial charge in [-0.15, -0.1) is 0 Å². The molecule has 26 heavy (non-hydrogen) atoms. The lowest BCUT2D eigenvalue weighted by molar-refractivity contribution is 0.0695. The van der Waals surface area contributed by atoms with E-state index in [1.165, 1.54) is 17.0 Å². The fraction of sp³-hybridized carbons (Fsp3) is 0.350. The topological polar surface area (TPSA) is 90.5 Å². The average molecular weight is 354 g/mol. The molecule has 1 amide bonds. The summed E-state index contributed by atoms with van der Waals surface area (Å²) in [6.45, 7) is 0.301. The number of H-pyrrole nitrogens is 1. The lowest BCUT2D eigenvalue weighted by Gasteiger charge is -2.18. The van der Waals surface area contributed by atoms with Crippen LogP contribution >= 0.6 is 0 Å². The van der Waals surface area contributed by atoms with E-state index in [4.69, 9.17) is 5.11 Å². The minimum atomic E-state index is -0.988. The van der Waals surface area contributed by atoms with Crippen molar-refractivity contribution in [2.24, 2.45) is 0 Å². The molecule has 6 heteroatoms. The molecule has 3 rings (SSSR count). The molecule has 1 aromatic heterocycles. The molecule has 1 aliphatic carbocycles. The number of aryl methyl sites for hydroxylation is 2. The summed E-state index contributed by atoms with van der Waals surface area (Å²) < 4.78 is 0. The van der Waals surface area contributed by atoms with Gasteiger partial charge in [-0.3, -0.25) is 9.59 Å². The molecule has 0 aliphatic heterocycles. The monoisotopic (exact) mass is 354 g/mol. The van der Waals surface area contributed by atoms with Gasteiger partial charge in [0.05, 0.1) is 5.56 Å². The Labute approximate surface area is 151 Å². The molecule has 2 N–H and O–H groups in total. The lowest BCUT2D eigenvalue weighted by atomic mass is 10.1. The Hall–Kier alpha value is -2.89. The maximum absolute atomic E-state index is 12.7. The van der Waals surface area contributed by atoms with Crippen molar-refractivity contribution in [3.63, 3.8) is 0 Å². The number of hydrogen-bond acceptors (Lipinski definition) is 3. The molecule has 0 fully saturated rings.